The molecule has 404 valence electrons. The molecule has 0 N–H and O–H groups in total. The summed E-state index contributed by atoms with van der Waals surface area (Å²) < 4.78 is 16.9. The van der Waals surface area contributed by atoms with Crippen molar-refractivity contribution in [1.29, 1.82) is 0 Å². The average Bonchev–Trinajstić information content (AvgIpc) is 3.31. The maximum absolute atomic E-state index is 12.9. The van der Waals surface area contributed by atoms with E-state index < -0.39 is 6.10 Å². The predicted molar refractivity (Wildman–Crippen MR) is 293 cm³/mol. The van der Waals surface area contributed by atoms with Gasteiger partial charge in [-0.25, -0.2) is 0 Å². The van der Waals surface area contributed by atoms with E-state index in [1.54, 1.807) is 0 Å². The van der Waals surface area contributed by atoms with Crippen LogP contribution in [0.4, 0.5) is 0 Å². The van der Waals surface area contributed by atoms with Gasteiger partial charge in [-0.2, -0.15) is 0 Å². The molecular formula is C62H120O6. The number of esters is 3. The van der Waals surface area contributed by atoms with Crippen molar-refractivity contribution in [3.8, 4) is 0 Å². The lowest BCUT2D eigenvalue weighted by Crippen LogP contribution is -2.30. The van der Waals surface area contributed by atoms with Crippen LogP contribution in [-0.4, -0.2) is 37.2 Å². The minimum atomic E-state index is -0.763. The van der Waals surface area contributed by atoms with Crippen molar-refractivity contribution in [3.63, 3.8) is 0 Å². The highest BCUT2D eigenvalue weighted by atomic mass is 16.6. The molecule has 68 heavy (non-hydrogen) atoms. The molecule has 0 radical (unpaired) electrons. The SMILES string of the molecule is CCCCCCCCCCCCCCCCCCCCCC(=O)OC[C@H](COC(=O)CCCCCCCCCCCC(C)C)OC(=O)CCCCCCCCCCCCCCCCCCC(C)C. The molecule has 6 heteroatoms. The molecule has 0 aromatic rings. The molecule has 0 saturated carbocycles. The monoisotopic (exact) mass is 961 g/mol. The van der Waals surface area contributed by atoms with Crippen LogP contribution in [0.15, 0.2) is 0 Å². The first-order chi connectivity index (χ1) is 33.2. The van der Waals surface area contributed by atoms with E-state index in [0.29, 0.717) is 19.3 Å². The summed E-state index contributed by atoms with van der Waals surface area (Å²) >= 11 is 0. The van der Waals surface area contributed by atoms with Gasteiger partial charge in [0, 0.05) is 19.3 Å². The molecule has 0 spiro atoms. The first-order valence-corrected chi connectivity index (χ1v) is 30.7. The van der Waals surface area contributed by atoms with Crippen LogP contribution in [0, 0.1) is 11.8 Å². The molecule has 1 atom stereocenters. The second-order valence-electron chi connectivity index (χ2n) is 22.3. The van der Waals surface area contributed by atoms with E-state index in [-0.39, 0.29) is 31.1 Å². The van der Waals surface area contributed by atoms with E-state index in [2.05, 4.69) is 34.6 Å². The number of unbranched alkanes of at least 4 members (excludes halogenated alkanes) is 41. The Hall–Kier alpha value is -1.59. The van der Waals surface area contributed by atoms with Gasteiger partial charge < -0.3 is 14.2 Å². The third kappa shape index (κ3) is 55.3. The third-order valence-electron chi connectivity index (χ3n) is 14.2. The molecule has 0 saturated heterocycles. The molecule has 6 nitrogen and oxygen atoms in total. The van der Waals surface area contributed by atoms with Crippen molar-refractivity contribution in [2.75, 3.05) is 13.2 Å². The number of hydrogen-bond donors (Lipinski definition) is 0. The molecule has 0 aromatic carbocycles. The minimum Gasteiger partial charge on any atom is -0.462 e. The highest BCUT2D eigenvalue weighted by molar-refractivity contribution is 5.71. The number of rotatable bonds is 56. The third-order valence-corrected chi connectivity index (χ3v) is 14.2. The fourth-order valence-electron chi connectivity index (χ4n) is 9.58. The van der Waals surface area contributed by atoms with Crippen LogP contribution in [0.2, 0.25) is 0 Å². The summed E-state index contributed by atoms with van der Waals surface area (Å²) in [5, 5.41) is 0. The summed E-state index contributed by atoms with van der Waals surface area (Å²) in [6.07, 6.45) is 59.6. The molecule has 0 unspecified atom stereocenters. The van der Waals surface area contributed by atoms with Gasteiger partial charge in [-0.15, -0.1) is 0 Å². The van der Waals surface area contributed by atoms with Gasteiger partial charge in [-0.05, 0) is 31.1 Å². The number of carbonyl (C=O) groups excluding carboxylic acids is 3. The van der Waals surface area contributed by atoms with Crippen LogP contribution in [0.1, 0.15) is 349 Å². The summed E-state index contributed by atoms with van der Waals surface area (Å²) in [5.74, 6) is 0.824. The summed E-state index contributed by atoms with van der Waals surface area (Å²) in [6, 6.07) is 0. The maximum Gasteiger partial charge on any atom is 0.306 e. The summed E-state index contributed by atoms with van der Waals surface area (Å²) in [7, 11) is 0. The highest BCUT2D eigenvalue weighted by Gasteiger charge is 2.19. The van der Waals surface area contributed by atoms with E-state index in [1.807, 2.05) is 0 Å². The lowest BCUT2D eigenvalue weighted by molar-refractivity contribution is -0.167. The zero-order valence-corrected chi connectivity index (χ0v) is 46.7. The van der Waals surface area contributed by atoms with Crippen molar-refractivity contribution in [1.82, 2.24) is 0 Å². The molecule has 0 aliphatic rings. The maximum atomic E-state index is 12.9. The van der Waals surface area contributed by atoms with Gasteiger partial charge >= 0.3 is 17.9 Å². The van der Waals surface area contributed by atoms with Crippen molar-refractivity contribution >= 4 is 17.9 Å². The quantitative estimate of drug-likeness (QED) is 0.0343. The Balaban J connectivity index is 4.25. The molecule has 0 bridgehead atoms. The van der Waals surface area contributed by atoms with Crippen LogP contribution >= 0.6 is 0 Å². The molecule has 0 fully saturated rings. The van der Waals surface area contributed by atoms with Gasteiger partial charge in [0.1, 0.15) is 13.2 Å². The zero-order valence-electron chi connectivity index (χ0n) is 46.7. The second kappa shape index (κ2) is 54.7. The van der Waals surface area contributed by atoms with Crippen molar-refractivity contribution in [2.24, 2.45) is 11.8 Å². The van der Waals surface area contributed by atoms with E-state index in [0.717, 1.165) is 69.6 Å². The van der Waals surface area contributed by atoms with E-state index >= 15 is 0 Å². The lowest BCUT2D eigenvalue weighted by atomic mass is 10.0. The topological polar surface area (TPSA) is 78.9 Å². The van der Waals surface area contributed by atoms with E-state index in [1.165, 1.54) is 238 Å². The Bertz CT molecular complexity index is 1040. The van der Waals surface area contributed by atoms with Crippen LogP contribution < -0.4 is 0 Å². The van der Waals surface area contributed by atoms with Gasteiger partial charge in [-0.1, -0.05) is 311 Å². The van der Waals surface area contributed by atoms with Gasteiger partial charge in [0.15, 0.2) is 6.10 Å². The number of hydrogen-bond acceptors (Lipinski definition) is 6. The summed E-state index contributed by atoms with van der Waals surface area (Å²) in [5.41, 5.74) is 0. The Morgan fingerprint density at radius 2 is 0.485 bits per heavy atom. The second-order valence-corrected chi connectivity index (χ2v) is 22.3. The number of carbonyl (C=O) groups is 3. The van der Waals surface area contributed by atoms with E-state index in [4.69, 9.17) is 14.2 Å². The Kier molecular flexibility index (Phi) is 53.5. The molecule has 0 aliphatic carbocycles. The molecule has 0 rings (SSSR count). The fourth-order valence-corrected chi connectivity index (χ4v) is 9.58. The smallest absolute Gasteiger partial charge is 0.306 e. The summed E-state index contributed by atoms with van der Waals surface area (Å²) in [6.45, 7) is 11.4. The van der Waals surface area contributed by atoms with Gasteiger partial charge in [0.05, 0.1) is 0 Å². The van der Waals surface area contributed by atoms with Crippen LogP contribution in [0.5, 0.6) is 0 Å². The average molecular weight is 962 g/mol. The summed E-state index contributed by atoms with van der Waals surface area (Å²) in [4.78, 5) is 38.2. The molecule has 0 aromatic heterocycles. The van der Waals surface area contributed by atoms with Crippen LogP contribution in [0.25, 0.3) is 0 Å². The largest absolute Gasteiger partial charge is 0.462 e. The van der Waals surface area contributed by atoms with Gasteiger partial charge in [0.25, 0.3) is 0 Å². The standard InChI is InChI=1S/C62H120O6/c1-6-7-8-9-10-11-12-13-14-15-16-17-21-24-27-32-37-42-47-52-60(63)66-55-59(56-67-61(64)53-48-43-38-34-29-31-36-41-46-51-58(4)5)68-62(65)54-49-44-39-33-28-25-22-19-18-20-23-26-30-35-40-45-50-57(2)3/h57-59H,6-56H2,1-5H3/t59-/m1/s1. The van der Waals surface area contributed by atoms with Crippen molar-refractivity contribution in [3.05, 3.63) is 0 Å². The van der Waals surface area contributed by atoms with Crippen molar-refractivity contribution in [2.45, 2.75) is 355 Å². The first kappa shape index (κ1) is 66.4. The molecular weight excluding hydrogens is 841 g/mol. The Morgan fingerprint density at radius 1 is 0.279 bits per heavy atom. The zero-order chi connectivity index (χ0) is 49.6. The minimum absolute atomic E-state index is 0.0625. The van der Waals surface area contributed by atoms with Crippen LogP contribution in [-0.2, 0) is 28.6 Å². The number of ether oxygens (including phenoxy) is 3. The lowest BCUT2D eigenvalue weighted by Gasteiger charge is -2.18. The molecule has 0 aliphatic heterocycles. The fraction of sp³-hybridized carbons (Fsp3) is 0.952. The normalized spacial score (nSPS) is 12.0. The van der Waals surface area contributed by atoms with Gasteiger partial charge in [0.2, 0.25) is 0 Å². The Labute approximate surface area is 425 Å². The Morgan fingerprint density at radius 3 is 0.721 bits per heavy atom. The molecule has 0 heterocycles. The predicted octanol–water partition coefficient (Wildman–Crippen LogP) is 20.4. The molecule has 0 amide bonds. The van der Waals surface area contributed by atoms with Crippen molar-refractivity contribution < 1.29 is 28.6 Å². The first-order valence-electron chi connectivity index (χ1n) is 30.7. The highest BCUT2D eigenvalue weighted by Crippen LogP contribution is 2.19. The van der Waals surface area contributed by atoms with Gasteiger partial charge in [-0.3, -0.25) is 14.4 Å². The van der Waals surface area contributed by atoms with Crippen LogP contribution in [0.3, 0.4) is 0 Å². The van der Waals surface area contributed by atoms with E-state index in [9.17, 15) is 14.4 Å².